The lowest BCUT2D eigenvalue weighted by Gasteiger charge is -2.40. The molecule has 5 nitrogen and oxygen atoms in total. The van der Waals surface area contributed by atoms with E-state index in [0.717, 1.165) is 24.2 Å². The third-order valence-electron chi connectivity index (χ3n) is 3.86. The monoisotopic (exact) mass is 320 g/mol. The van der Waals surface area contributed by atoms with Gasteiger partial charge < -0.3 is 9.67 Å². The molecule has 22 heavy (non-hydrogen) atoms. The minimum absolute atomic E-state index is 0.259. The Kier molecular flexibility index (Phi) is 5.46. The van der Waals surface area contributed by atoms with E-state index >= 15 is 0 Å². The summed E-state index contributed by atoms with van der Waals surface area (Å²) in [5.41, 5.74) is 0. The van der Waals surface area contributed by atoms with Crippen LogP contribution in [0.2, 0.25) is 0 Å². The van der Waals surface area contributed by atoms with E-state index in [1.165, 1.54) is 12.4 Å². The molecule has 126 valence electrons. The summed E-state index contributed by atoms with van der Waals surface area (Å²) in [5.74, 6) is 0.438. The van der Waals surface area contributed by atoms with E-state index in [4.69, 9.17) is 0 Å². The van der Waals surface area contributed by atoms with E-state index in [1.54, 1.807) is 6.92 Å². The molecule has 0 radical (unpaired) electrons. The van der Waals surface area contributed by atoms with Gasteiger partial charge in [-0.25, -0.2) is 4.98 Å². The summed E-state index contributed by atoms with van der Waals surface area (Å²) in [7, 11) is 0. The van der Waals surface area contributed by atoms with Gasteiger partial charge in [0.1, 0.15) is 12.4 Å². The third-order valence-corrected chi connectivity index (χ3v) is 3.86. The molecular weight excluding hydrogens is 297 g/mol. The highest BCUT2D eigenvalue weighted by Gasteiger charge is 2.30. The highest BCUT2D eigenvalue weighted by Crippen LogP contribution is 2.19. The maximum absolute atomic E-state index is 12.5. The predicted molar refractivity (Wildman–Crippen MR) is 76.3 cm³/mol. The van der Waals surface area contributed by atoms with E-state index in [2.05, 4.69) is 21.7 Å². The molecule has 1 aromatic rings. The quantitative estimate of drug-likeness (QED) is 0.889. The Balaban J connectivity index is 1.92. The highest BCUT2D eigenvalue weighted by molar-refractivity contribution is 4.94. The number of piperazine rings is 1. The average Bonchev–Trinajstić information content (AvgIpc) is 2.77. The van der Waals surface area contributed by atoms with Crippen LogP contribution in [0, 0.1) is 0 Å². The van der Waals surface area contributed by atoms with Crippen LogP contribution in [-0.4, -0.2) is 69.0 Å². The van der Waals surface area contributed by atoms with Crippen LogP contribution in [0.3, 0.4) is 0 Å². The van der Waals surface area contributed by atoms with Crippen molar-refractivity contribution in [3.63, 3.8) is 0 Å². The van der Waals surface area contributed by atoms with Crippen LogP contribution in [-0.2, 0) is 13.1 Å². The van der Waals surface area contributed by atoms with Crippen LogP contribution in [0.4, 0.5) is 13.2 Å². The average molecular weight is 320 g/mol. The second-order valence-corrected chi connectivity index (χ2v) is 6.01. The molecule has 1 saturated heterocycles. The fraction of sp³-hybridized carbons (Fsp3) is 0.786. The van der Waals surface area contributed by atoms with Crippen LogP contribution in [0.15, 0.2) is 12.4 Å². The molecule has 1 aliphatic rings. The van der Waals surface area contributed by atoms with Crippen molar-refractivity contribution < 1.29 is 18.3 Å². The predicted octanol–water partition coefficient (Wildman–Crippen LogP) is 1.33. The Morgan fingerprint density at radius 1 is 1.41 bits per heavy atom. The Morgan fingerprint density at radius 2 is 2.14 bits per heavy atom. The lowest BCUT2D eigenvalue weighted by atomic mass is 10.1. The fourth-order valence-corrected chi connectivity index (χ4v) is 2.85. The summed E-state index contributed by atoms with van der Waals surface area (Å²) in [6, 6.07) is 0.259. The van der Waals surface area contributed by atoms with Gasteiger partial charge in [0.2, 0.25) is 0 Å². The van der Waals surface area contributed by atoms with E-state index in [9.17, 15) is 18.3 Å². The molecule has 0 aliphatic carbocycles. The van der Waals surface area contributed by atoms with Gasteiger partial charge in [-0.05, 0) is 13.8 Å². The molecule has 2 heterocycles. The zero-order chi connectivity index (χ0) is 16.3. The zero-order valence-electron chi connectivity index (χ0n) is 12.9. The van der Waals surface area contributed by atoms with Crippen molar-refractivity contribution in [1.29, 1.82) is 0 Å². The van der Waals surface area contributed by atoms with Crippen molar-refractivity contribution in [2.45, 2.75) is 45.3 Å². The number of nitrogens with zero attached hydrogens (tertiary/aromatic N) is 4. The number of hydrogen-bond acceptors (Lipinski definition) is 4. The minimum atomic E-state index is -4.24. The molecule has 0 bridgehead atoms. The SMILES string of the molecule is CC(O)CN1CCN(Cc2nccn2CC(F)(F)F)CC1C. The van der Waals surface area contributed by atoms with Crippen molar-refractivity contribution in [2.24, 2.45) is 0 Å². The number of aliphatic hydroxyl groups excluding tert-OH is 1. The summed E-state index contributed by atoms with van der Waals surface area (Å²) < 4.78 is 38.7. The second-order valence-electron chi connectivity index (χ2n) is 6.01. The molecule has 0 saturated carbocycles. The van der Waals surface area contributed by atoms with Crippen molar-refractivity contribution in [1.82, 2.24) is 19.4 Å². The number of rotatable bonds is 5. The van der Waals surface area contributed by atoms with Crippen molar-refractivity contribution in [3.05, 3.63) is 18.2 Å². The van der Waals surface area contributed by atoms with Gasteiger partial charge in [-0.1, -0.05) is 0 Å². The molecule has 0 aromatic carbocycles. The van der Waals surface area contributed by atoms with E-state index < -0.39 is 12.7 Å². The minimum Gasteiger partial charge on any atom is -0.392 e. The van der Waals surface area contributed by atoms with Gasteiger partial charge in [-0.15, -0.1) is 0 Å². The molecule has 8 heteroatoms. The lowest BCUT2D eigenvalue weighted by molar-refractivity contribution is -0.141. The van der Waals surface area contributed by atoms with Gasteiger partial charge in [0.25, 0.3) is 0 Å². The van der Waals surface area contributed by atoms with Crippen LogP contribution < -0.4 is 0 Å². The smallest absolute Gasteiger partial charge is 0.392 e. The van der Waals surface area contributed by atoms with Gasteiger partial charge >= 0.3 is 6.18 Å². The topological polar surface area (TPSA) is 44.5 Å². The Hall–Kier alpha value is -1.12. The summed E-state index contributed by atoms with van der Waals surface area (Å²) >= 11 is 0. The van der Waals surface area contributed by atoms with Gasteiger partial charge in [-0.2, -0.15) is 13.2 Å². The van der Waals surface area contributed by atoms with Gasteiger partial charge in [-0.3, -0.25) is 9.80 Å². The molecular formula is C14H23F3N4O. The summed E-state index contributed by atoms with van der Waals surface area (Å²) in [4.78, 5) is 8.36. The van der Waals surface area contributed by atoms with Crippen LogP contribution in [0.5, 0.6) is 0 Å². The maximum Gasteiger partial charge on any atom is 0.406 e. The van der Waals surface area contributed by atoms with E-state index in [1.807, 2.05) is 0 Å². The van der Waals surface area contributed by atoms with Crippen molar-refractivity contribution >= 4 is 0 Å². The molecule has 2 atom stereocenters. The van der Waals surface area contributed by atoms with E-state index in [-0.39, 0.29) is 12.1 Å². The lowest BCUT2D eigenvalue weighted by Crippen LogP contribution is -2.53. The Labute approximate surface area is 128 Å². The first-order valence-corrected chi connectivity index (χ1v) is 7.46. The molecule has 1 aromatic heterocycles. The van der Waals surface area contributed by atoms with Gasteiger partial charge in [0.05, 0.1) is 12.6 Å². The number of β-amino-alcohol motifs (C(OH)–C–C–N with tert-alkyl or cyclic N) is 1. The van der Waals surface area contributed by atoms with Crippen LogP contribution in [0.25, 0.3) is 0 Å². The fourth-order valence-electron chi connectivity index (χ4n) is 2.85. The van der Waals surface area contributed by atoms with Gasteiger partial charge in [0.15, 0.2) is 0 Å². The molecule has 2 unspecified atom stereocenters. The van der Waals surface area contributed by atoms with E-state index in [0.29, 0.717) is 18.9 Å². The molecule has 1 fully saturated rings. The highest BCUT2D eigenvalue weighted by atomic mass is 19.4. The first-order chi connectivity index (χ1) is 10.2. The zero-order valence-corrected chi connectivity index (χ0v) is 12.9. The standard InChI is InChI=1S/C14H23F3N4O/c1-11-7-19(5-6-20(11)8-12(2)22)9-13-18-3-4-21(13)10-14(15,16)17/h3-4,11-12,22H,5-10H2,1-2H3. The number of hydrogen-bond donors (Lipinski definition) is 1. The molecule has 0 amide bonds. The summed E-state index contributed by atoms with van der Waals surface area (Å²) in [5, 5.41) is 9.47. The molecule has 1 aliphatic heterocycles. The number of aliphatic hydroxyl groups is 1. The summed E-state index contributed by atoms with van der Waals surface area (Å²) in [6.07, 6.45) is -1.83. The first-order valence-electron chi connectivity index (χ1n) is 7.46. The van der Waals surface area contributed by atoms with Crippen molar-refractivity contribution in [2.75, 3.05) is 26.2 Å². The number of alkyl halides is 3. The van der Waals surface area contributed by atoms with Crippen LogP contribution >= 0.6 is 0 Å². The van der Waals surface area contributed by atoms with Gasteiger partial charge in [0, 0.05) is 44.6 Å². The number of imidazole rings is 1. The Bertz CT molecular complexity index is 475. The normalized spacial score (nSPS) is 22.9. The number of halogens is 3. The largest absolute Gasteiger partial charge is 0.406 e. The molecule has 0 spiro atoms. The molecule has 1 N–H and O–H groups in total. The van der Waals surface area contributed by atoms with Crippen molar-refractivity contribution in [3.8, 4) is 0 Å². The third kappa shape index (κ3) is 4.96. The number of aromatic nitrogens is 2. The maximum atomic E-state index is 12.5. The first kappa shape index (κ1) is 17.2. The second kappa shape index (κ2) is 6.97. The van der Waals surface area contributed by atoms with Crippen LogP contribution in [0.1, 0.15) is 19.7 Å². The summed E-state index contributed by atoms with van der Waals surface area (Å²) in [6.45, 7) is 6.17. The Morgan fingerprint density at radius 3 is 2.73 bits per heavy atom. The molecule has 2 rings (SSSR count).